The highest BCUT2D eigenvalue weighted by atomic mass is 32.2. The number of β-amino-alcohol motifs (C(OH)–C–C–N with tert-alkyl or cyclic N) is 1. The standard InChI is InChI=1S/C52H54F3N11O8S2/c1-28-44(75-27-58-28)33-10-6-30(7-11-33)24-57-49(70)39-23-37(67)26-66(39)50(71)45(52(3,4)5)60-48(69)34-12-8-31(9-13-34)25-65-21-20-41(63-65)59-47-42(46(56)68)43(61-62-47)35-16-19-38(64-76(72,73)51(54)55)40(22-35)74-29(2)32-14-17-36(53)18-15-32/h6-22,27,29,37,39,45,51,64,67H,23-26H2,1-5H3,(H2,56,68)(H,57,70)(H,60,69)(H2,59,61,62,63)/t29?,37-,39+,45?/m1/s1. The van der Waals surface area contributed by atoms with Crippen LogP contribution in [0.15, 0.2) is 109 Å². The molecule has 76 heavy (non-hydrogen) atoms. The van der Waals surface area contributed by atoms with E-state index in [0.717, 1.165) is 27.3 Å². The molecule has 7 aromatic rings. The molecule has 3 aromatic heterocycles. The van der Waals surface area contributed by atoms with Gasteiger partial charge in [0.1, 0.15) is 35.3 Å². The van der Waals surface area contributed by atoms with E-state index in [1.54, 1.807) is 85.8 Å². The second kappa shape index (κ2) is 22.4. The van der Waals surface area contributed by atoms with Gasteiger partial charge < -0.3 is 36.4 Å². The first-order valence-electron chi connectivity index (χ1n) is 23.7. The smallest absolute Gasteiger partial charge is 0.355 e. The largest absolute Gasteiger partial charge is 0.484 e. The lowest BCUT2D eigenvalue weighted by atomic mass is 9.85. The van der Waals surface area contributed by atoms with E-state index < -0.39 is 74.9 Å². The van der Waals surface area contributed by atoms with Gasteiger partial charge in [0.25, 0.3) is 21.8 Å². The van der Waals surface area contributed by atoms with Crippen LogP contribution in [0.1, 0.15) is 83.3 Å². The van der Waals surface area contributed by atoms with Crippen molar-refractivity contribution in [2.45, 2.75) is 84.2 Å². The van der Waals surface area contributed by atoms with Crippen LogP contribution in [0.5, 0.6) is 5.75 Å². The van der Waals surface area contributed by atoms with Gasteiger partial charge in [-0.2, -0.15) is 19.0 Å². The lowest BCUT2D eigenvalue weighted by Crippen LogP contribution is -2.57. The minimum atomic E-state index is -5.13. The van der Waals surface area contributed by atoms with Gasteiger partial charge in [0, 0.05) is 42.9 Å². The normalized spacial score (nSPS) is 15.5. The molecular weight excluding hydrogens is 1030 g/mol. The number of halogens is 3. The van der Waals surface area contributed by atoms with Gasteiger partial charge in [-0.1, -0.05) is 75.4 Å². The number of aliphatic hydroxyl groups excluding tert-OH is 1. The van der Waals surface area contributed by atoms with Crippen LogP contribution in [0.3, 0.4) is 0 Å². The van der Waals surface area contributed by atoms with Crippen LogP contribution in [0.2, 0.25) is 0 Å². The highest BCUT2D eigenvalue weighted by Crippen LogP contribution is 2.37. The molecule has 4 heterocycles. The number of hydrogen-bond acceptors (Lipinski definition) is 13. The fourth-order valence-electron chi connectivity index (χ4n) is 8.51. The summed E-state index contributed by atoms with van der Waals surface area (Å²) in [6, 6.07) is 23.1. The molecule has 24 heteroatoms. The number of carbonyl (C=O) groups excluding carboxylic acids is 4. The summed E-state index contributed by atoms with van der Waals surface area (Å²) < 4.78 is 74.2. The summed E-state index contributed by atoms with van der Waals surface area (Å²) >= 11 is 1.55. The number of hydrogen-bond donors (Lipinski definition) is 7. The molecule has 4 atom stereocenters. The number of anilines is 3. The number of H-pyrrole nitrogens is 1. The van der Waals surface area contributed by atoms with Crippen molar-refractivity contribution in [2.24, 2.45) is 11.1 Å². The number of aromatic amines is 1. The molecule has 1 aliphatic rings. The van der Waals surface area contributed by atoms with Crippen molar-refractivity contribution in [3.8, 4) is 27.4 Å². The van der Waals surface area contributed by atoms with Crippen molar-refractivity contribution in [3.63, 3.8) is 0 Å². The van der Waals surface area contributed by atoms with Gasteiger partial charge in [-0.15, -0.1) is 11.3 Å². The number of nitrogens with two attached hydrogens (primary N) is 1. The van der Waals surface area contributed by atoms with Crippen LogP contribution in [0, 0.1) is 18.2 Å². The van der Waals surface area contributed by atoms with Crippen molar-refractivity contribution in [1.82, 2.24) is 40.5 Å². The summed E-state index contributed by atoms with van der Waals surface area (Å²) in [7, 11) is -5.13. The van der Waals surface area contributed by atoms with Crippen LogP contribution in [0.25, 0.3) is 21.7 Å². The molecule has 398 valence electrons. The second-order valence-electron chi connectivity index (χ2n) is 19.2. The Kier molecular flexibility index (Phi) is 16.0. The molecule has 1 fully saturated rings. The molecule has 0 saturated carbocycles. The summed E-state index contributed by atoms with van der Waals surface area (Å²) in [4.78, 5) is 61.2. The Balaban J connectivity index is 0.907. The number of rotatable bonds is 19. The number of sulfonamides is 1. The van der Waals surface area contributed by atoms with E-state index in [1.165, 1.54) is 47.4 Å². The summed E-state index contributed by atoms with van der Waals surface area (Å²) in [5.41, 5.74) is 10.9. The second-order valence-corrected chi connectivity index (χ2v) is 21.7. The zero-order valence-corrected chi connectivity index (χ0v) is 43.3. The van der Waals surface area contributed by atoms with Gasteiger partial charge in [0.05, 0.1) is 40.1 Å². The zero-order valence-electron chi connectivity index (χ0n) is 41.7. The number of primary amides is 1. The first kappa shape index (κ1) is 54.2. The van der Waals surface area contributed by atoms with E-state index in [9.17, 15) is 45.9 Å². The topological polar surface area (TPSA) is 269 Å². The van der Waals surface area contributed by atoms with Crippen molar-refractivity contribution < 1.29 is 50.6 Å². The number of nitrogens with one attached hydrogen (secondary N) is 5. The maximum atomic E-state index is 14.2. The molecule has 1 saturated heterocycles. The molecule has 1 aliphatic heterocycles. The lowest BCUT2D eigenvalue weighted by Gasteiger charge is -2.35. The maximum absolute atomic E-state index is 14.2. The third kappa shape index (κ3) is 12.5. The molecule has 4 amide bonds. The number of alkyl halides is 2. The van der Waals surface area contributed by atoms with Gasteiger partial charge in [-0.3, -0.25) is 33.7 Å². The SMILES string of the molecule is Cc1ncsc1-c1ccc(CNC(=O)[C@@H]2C[C@@H](O)CN2C(=O)C(NC(=O)c2ccc(Cn3ccc(Nc4n[nH]c(-c5ccc(NS(=O)(=O)C(F)F)c(OC(C)c6ccc(F)cc6)c5)c4C(N)=O)n3)cc2)C(C)(C)C)cc1. The van der Waals surface area contributed by atoms with Gasteiger partial charge in [0.15, 0.2) is 11.6 Å². The fraction of sp³-hybridized carbons (Fsp3) is 0.288. The van der Waals surface area contributed by atoms with Gasteiger partial charge in [-0.25, -0.2) is 17.8 Å². The molecule has 0 radical (unpaired) electrons. The van der Waals surface area contributed by atoms with E-state index in [2.05, 4.69) is 36.2 Å². The van der Waals surface area contributed by atoms with Crippen LogP contribution < -0.4 is 31.1 Å². The molecule has 8 N–H and O–H groups in total. The Bertz CT molecular complexity index is 3360. The number of ether oxygens (including phenoxy) is 1. The third-order valence-corrected chi connectivity index (χ3v) is 14.5. The first-order valence-corrected chi connectivity index (χ1v) is 26.2. The van der Waals surface area contributed by atoms with E-state index in [4.69, 9.17) is 10.5 Å². The Morgan fingerprint density at radius 3 is 2.29 bits per heavy atom. The number of carbonyl (C=O) groups is 4. The molecule has 0 bridgehead atoms. The summed E-state index contributed by atoms with van der Waals surface area (Å²) in [6.07, 6.45) is -0.0705. The van der Waals surface area contributed by atoms with Gasteiger partial charge in [-0.05, 0) is 77.9 Å². The predicted octanol–water partition coefficient (Wildman–Crippen LogP) is 7.26. The Labute approximate surface area is 439 Å². The quantitative estimate of drug-likeness (QED) is 0.0422. The van der Waals surface area contributed by atoms with E-state index in [0.29, 0.717) is 5.56 Å². The number of benzene rings is 4. The molecule has 8 rings (SSSR count). The maximum Gasteiger partial charge on any atom is 0.355 e. The van der Waals surface area contributed by atoms with E-state index in [1.807, 2.05) is 35.9 Å². The predicted molar refractivity (Wildman–Crippen MR) is 279 cm³/mol. The van der Waals surface area contributed by atoms with Crippen LogP contribution >= 0.6 is 11.3 Å². The van der Waals surface area contributed by atoms with Crippen LogP contribution in [-0.4, -0.2) is 97.5 Å². The Morgan fingerprint density at radius 1 is 0.961 bits per heavy atom. The monoisotopic (exact) mass is 1080 g/mol. The van der Waals surface area contributed by atoms with Gasteiger partial charge >= 0.3 is 5.76 Å². The average Bonchev–Trinajstić information content (AvgIpc) is 4.21. The number of aromatic nitrogens is 5. The average molecular weight is 1080 g/mol. The van der Waals surface area contributed by atoms with Crippen molar-refractivity contribution in [3.05, 3.63) is 148 Å². The molecule has 19 nitrogen and oxygen atoms in total. The molecule has 0 aliphatic carbocycles. The number of amides is 4. The molecular formula is C52H54F3N11O8S2. The lowest BCUT2D eigenvalue weighted by molar-refractivity contribution is -0.142. The van der Waals surface area contributed by atoms with Crippen LogP contribution in [0.4, 0.5) is 30.5 Å². The number of likely N-dealkylation sites (tertiary alicyclic amines) is 1. The highest BCUT2D eigenvalue weighted by molar-refractivity contribution is 7.93. The Morgan fingerprint density at radius 2 is 1.64 bits per heavy atom. The number of nitrogens with zero attached hydrogens (tertiary/aromatic N) is 5. The number of aryl methyl sites for hydroxylation is 1. The van der Waals surface area contributed by atoms with Gasteiger partial charge in [0.2, 0.25) is 11.8 Å². The highest BCUT2D eigenvalue weighted by Gasteiger charge is 2.44. The first-order chi connectivity index (χ1) is 36.0. The summed E-state index contributed by atoms with van der Waals surface area (Å²) in [5.74, 6) is -6.61. The zero-order chi connectivity index (χ0) is 54.6. The van der Waals surface area contributed by atoms with Crippen molar-refractivity contribution >= 4 is 62.3 Å². The molecule has 2 unspecified atom stereocenters. The minimum absolute atomic E-state index is 0.0280. The van der Waals surface area contributed by atoms with Crippen LogP contribution in [-0.2, 0) is 32.7 Å². The summed E-state index contributed by atoms with van der Waals surface area (Å²) in [6.45, 7) is 9.29. The molecule has 4 aromatic carbocycles. The van der Waals surface area contributed by atoms with Crippen molar-refractivity contribution in [2.75, 3.05) is 16.6 Å². The third-order valence-electron chi connectivity index (χ3n) is 12.5. The fourth-order valence-corrected chi connectivity index (χ4v) is 9.89. The minimum Gasteiger partial charge on any atom is -0.484 e. The van der Waals surface area contributed by atoms with E-state index >= 15 is 0 Å². The number of thiazole rings is 1. The Hall–Kier alpha value is -8.09. The van der Waals surface area contributed by atoms with Crippen molar-refractivity contribution in [1.29, 1.82) is 0 Å². The summed E-state index contributed by atoms with van der Waals surface area (Å²) in [5, 5.41) is 30.9. The number of aliphatic hydroxyl groups is 1. The molecule has 0 spiro atoms. The van der Waals surface area contributed by atoms with E-state index in [-0.39, 0.29) is 71.5 Å².